The van der Waals surface area contributed by atoms with Gasteiger partial charge in [-0.3, -0.25) is 14.9 Å². The number of hydrogen-bond acceptors (Lipinski definition) is 3. The number of ketones is 1. The number of carbonyl (C=O) groups is 2. The summed E-state index contributed by atoms with van der Waals surface area (Å²) in [5.74, 6) is 0.0183. The van der Waals surface area contributed by atoms with Gasteiger partial charge < -0.3 is 4.74 Å². The molecule has 0 aromatic carbocycles. The highest BCUT2D eigenvalue weighted by molar-refractivity contribution is 6.00. The molecule has 1 amide bonds. The van der Waals surface area contributed by atoms with Gasteiger partial charge in [-0.15, -0.1) is 0 Å². The van der Waals surface area contributed by atoms with Crippen molar-refractivity contribution < 1.29 is 14.3 Å². The second kappa shape index (κ2) is 11.0. The van der Waals surface area contributed by atoms with Crippen LogP contribution in [0.25, 0.3) is 0 Å². The number of carbonyl (C=O) groups excluding carboxylic acids is 2. The fourth-order valence-corrected chi connectivity index (χ4v) is 2.58. The molecule has 1 N–H and O–H groups in total. The fourth-order valence-electron chi connectivity index (χ4n) is 2.58. The number of allylic oxidation sites excluding steroid dienone is 3. The Labute approximate surface area is 140 Å². The van der Waals surface area contributed by atoms with Crippen LogP contribution in [0.5, 0.6) is 0 Å². The Morgan fingerprint density at radius 1 is 1.13 bits per heavy atom. The molecule has 1 rings (SSSR count). The molecule has 0 bridgehead atoms. The largest absolute Gasteiger partial charge is 0.465 e. The van der Waals surface area contributed by atoms with E-state index in [1.54, 1.807) is 6.08 Å². The highest BCUT2D eigenvalue weighted by Gasteiger charge is 2.29. The van der Waals surface area contributed by atoms with Gasteiger partial charge in [-0.2, -0.15) is 0 Å². The molecule has 1 aliphatic rings. The van der Waals surface area contributed by atoms with Gasteiger partial charge in [0.1, 0.15) is 0 Å². The molecular formula is C19H31NO3. The second-order valence-electron chi connectivity index (χ2n) is 6.30. The molecule has 0 radical (unpaired) electrons. The molecule has 0 saturated carbocycles. The maximum Gasteiger partial charge on any atom is 0.267 e. The number of amides is 1. The number of unbranched alkanes of at least 4 members (excludes halogenated alkanes) is 5. The predicted molar refractivity (Wildman–Crippen MR) is 92.8 cm³/mol. The van der Waals surface area contributed by atoms with Crippen molar-refractivity contribution in [3.8, 4) is 0 Å². The summed E-state index contributed by atoms with van der Waals surface area (Å²) >= 11 is 0. The first-order valence-electron chi connectivity index (χ1n) is 8.97. The lowest BCUT2D eigenvalue weighted by atomic mass is 10.1. The Morgan fingerprint density at radius 3 is 2.52 bits per heavy atom. The van der Waals surface area contributed by atoms with E-state index in [4.69, 9.17) is 4.74 Å². The second-order valence-corrected chi connectivity index (χ2v) is 6.30. The zero-order valence-corrected chi connectivity index (χ0v) is 14.8. The minimum absolute atomic E-state index is 0.123. The summed E-state index contributed by atoms with van der Waals surface area (Å²) in [4.78, 5) is 23.7. The van der Waals surface area contributed by atoms with Crippen LogP contribution >= 0.6 is 0 Å². The summed E-state index contributed by atoms with van der Waals surface area (Å²) in [6.07, 6.45) is 12.3. The van der Waals surface area contributed by atoms with Gasteiger partial charge in [0.15, 0.2) is 17.8 Å². The van der Waals surface area contributed by atoms with Crippen LogP contribution in [0.4, 0.5) is 0 Å². The molecule has 1 saturated heterocycles. The van der Waals surface area contributed by atoms with Crippen LogP contribution in [-0.2, 0) is 14.3 Å². The average molecular weight is 321 g/mol. The molecule has 0 aromatic heterocycles. The number of hydrogen-bond donors (Lipinski definition) is 1. The van der Waals surface area contributed by atoms with Gasteiger partial charge in [0, 0.05) is 6.08 Å². The van der Waals surface area contributed by atoms with Crippen LogP contribution in [0.2, 0.25) is 0 Å². The first-order valence-corrected chi connectivity index (χ1v) is 8.97. The molecule has 23 heavy (non-hydrogen) atoms. The summed E-state index contributed by atoms with van der Waals surface area (Å²) in [5, 5.41) is 2.63. The molecule has 4 nitrogen and oxygen atoms in total. The van der Waals surface area contributed by atoms with Crippen LogP contribution in [0.15, 0.2) is 23.6 Å². The van der Waals surface area contributed by atoms with E-state index in [0.717, 1.165) is 31.3 Å². The zero-order valence-electron chi connectivity index (χ0n) is 14.8. The minimum Gasteiger partial charge on any atom is -0.465 e. The number of nitrogens with one attached hydrogen (secondary N) is 1. The molecule has 4 heteroatoms. The van der Waals surface area contributed by atoms with Crippen molar-refractivity contribution in [2.75, 3.05) is 0 Å². The van der Waals surface area contributed by atoms with E-state index in [1.807, 2.05) is 6.92 Å². The molecule has 1 fully saturated rings. The van der Waals surface area contributed by atoms with E-state index in [2.05, 4.69) is 19.2 Å². The van der Waals surface area contributed by atoms with Gasteiger partial charge in [0.05, 0.1) is 0 Å². The molecule has 0 spiro atoms. The van der Waals surface area contributed by atoms with E-state index >= 15 is 0 Å². The van der Waals surface area contributed by atoms with Gasteiger partial charge in [-0.25, -0.2) is 0 Å². The highest BCUT2D eigenvalue weighted by atomic mass is 16.5. The summed E-state index contributed by atoms with van der Waals surface area (Å²) in [7, 11) is 0. The minimum atomic E-state index is -0.447. The summed E-state index contributed by atoms with van der Waals surface area (Å²) in [6.45, 7) is 6.26. The van der Waals surface area contributed by atoms with Crippen molar-refractivity contribution in [1.29, 1.82) is 0 Å². The maximum absolute atomic E-state index is 12.0. The van der Waals surface area contributed by atoms with Gasteiger partial charge >= 0.3 is 0 Å². The summed E-state index contributed by atoms with van der Waals surface area (Å²) in [5.41, 5.74) is 1.08. The maximum atomic E-state index is 12.0. The monoisotopic (exact) mass is 321 g/mol. The molecular weight excluding hydrogens is 290 g/mol. The van der Waals surface area contributed by atoms with Crippen molar-refractivity contribution in [1.82, 2.24) is 5.32 Å². The first kappa shape index (κ1) is 19.5. The molecule has 1 aliphatic heterocycles. The highest BCUT2D eigenvalue weighted by Crippen LogP contribution is 2.16. The van der Waals surface area contributed by atoms with Crippen molar-refractivity contribution in [2.45, 2.75) is 84.7 Å². The third-order valence-electron chi connectivity index (χ3n) is 3.96. The number of rotatable bonds is 11. The predicted octanol–water partition coefficient (Wildman–Crippen LogP) is 4.41. The average Bonchev–Trinajstić information content (AvgIpc) is 2.84. The Hall–Kier alpha value is -1.58. The van der Waals surface area contributed by atoms with E-state index in [1.165, 1.54) is 31.8 Å². The van der Waals surface area contributed by atoms with Crippen molar-refractivity contribution >= 4 is 11.7 Å². The van der Waals surface area contributed by atoms with Gasteiger partial charge in [-0.1, -0.05) is 51.5 Å². The topological polar surface area (TPSA) is 55.4 Å². The third-order valence-corrected chi connectivity index (χ3v) is 3.96. The summed E-state index contributed by atoms with van der Waals surface area (Å²) < 4.78 is 5.50. The smallest absolute Gasteiger partial charge is 0.267 e. The Morgan fingerprint density at radius 2 is 1.83 bits per heavy atom. The Balaban J connectivity index is 2.39. The quantitative estimate of drug-likeness (QED) is 0.453. The van der Waals surface area contributed by atoms with Crippen molar-refractivity contribution in [3.05, 3.63) is 23.6 Å². The third kappa shape index (κ3) is 8.00. The standard InChI is InChI=1S/C19H31NO3/c1-4-6-8-9-10-11-15(3)13-16(21)14-18-20-19(22)17(23-18)12-7-5-2/h13-14,17H,4-12H2,1-3H3,(H,20,22)/b15-13+,18-14?. The van der Waals surface area contributed by atoms with Crippen LogP contribution in [0.3, 0.4) is 0 Å². The molecule has 1 atom stereocenters. The Bertz CT molecular complexity index is 452. The van der Waals surface area contributed by atoms with Crippen molar-refractivity contribution in [2.24, 2.45) is 0 Å². The van der Waals surface area contributed by atoms with Gasteiger partial charge in [0.2, 0.25) is 0 Å². The van der Waals surface area contributed by atoms with Crippen LogP contribution in [-0.4, -0.2) is 17.8 Å². The first-order chi connectivity index (χ1) is 11.1. The van der Waals surface area contributed by atoms with Crippen LogP contribution in [0.1, 0.15) is 78.6 Å². The van der Waals surface area contributed by atoms with Crippen LogP contribution < -0.4 is 5.32 Å². The molecule has 130 valence electrons. The van der Waals surface area contributed by atoms with Crippen LogP contribution in [0, 0.1) is 0 Å². The number of ether oxygens (including phenoxy) is 1. The van der Waals surface area contributed by atoms with Gasteiger partial charge in [-0.05, 0) is 38.7 Å². The van der Waals surface area contributed by atoms with E-state index < -0.39 is 6.10 Å². The molecule has 0 aliphatic carbocycles. The molecule has 1 heterocycles. The van der Waals surface area contributed by atoms with E-state index in [0.29, 0.717) is 6.42 Å². The zero-order chi connectivity index (χ0) is 17.1. The Kier molecular flexibility index (Phi) is 9.34. The normalized spacial score (nSPS) is 19.8. The lowest BCUT2D eigenvalue weighted by Crippen LogP contribution is -2.22. The van der Waals surface area contributed by atoms with E-state index in [-0.39, 0.29) is 17.6 Å². The molecule has 1 unspecified atom stereocenters. The SMILES string of the molecule is CCCCCCC/C(C)=C/C(=O)C=C1NC(=O)C(CCCC)O1. The van der Waals surface area contributed by atoms with E-state index in [9.17, 15) is 9.59 Å². The fraction of sp³-hybridized carbons (Fsp3) is 0.684. The summed E-state index contributed by atoms with van der Waals surface area (Å²) in [6, 6.07) is 0. The lowest BCUT2D eigenvalue weighted by Gasteiger charge is -2.05. The van der Waals surface area contributed by atoms with Crippen molar-refractivity contribution in [3.63, 3.8) is 0 Å². The molecule has 0 aromatic rings. The van der Waals surface area contributed by atoms with Gasteiger partial charge in [0.25, 0.3) is 5.91 Å². The lowest BCUT2D eigenvalue weighted by molar-refractivity contribution is -0.123.